The summed E-state index contributed by atoms with van der Waals surface area (Å²) in [7, 11) is 0. The molecule has 0 bridgehead atoms. The van der Waals surface area contributed by atoms with Crippen molar-refractivity contribution in [2.75, 3.05) is 31.1 Å². The topological polar surface area (TPSA) is 44.4 Å². The van der Waals surface area contributed by atoms with Gasteiger partial charge in [-0.3, -0.25) is 4.90 Å². The molecule has 5 rings (SSSR count). The molecule has 25 heavy (non-hydrogen) atoms. The van der Waals surface area contributed by atoms with Crippen LogP contribution in [0, 0.1) is 0 Å². The molecule has 2 atom stereocenters. The molecule has 0 amide bonds. The predicted molar refractivity (Wildman–Crippen MR) is 98.7 cm³/mol. The summed E-state index contributed by atoms with van der Waals surface area (Å²) in [6.45, 7) is 4.64. The summed E-state index contributed by atoms with van der Waals surface area (Å²) < 4.78 is 6.07. The van der Waals surface area contributed by atoms with Gasteiger partial charge in [-0.1, -0.05) is 42.5 Å². The first-order valence-electron chi connectivity index (χ1n) is 8.96. The summed E-state index contributed by atoms with van der Waals surface area (Å²) in [4.78, 5) is 13.1. The van der Waals surface area contributed by atoms with Crippen LogP contribution >= 0.6 is 0 Å². The molecule has 2 unspecified atom stereocenters. The maximum Gasteiger partial charge on any atom is 0.203 e. The van der Waals surface area contributed by atoms with Crippen LogP contribution in [0.15, 0.2) is 54.6 Å². The van der Waals surface area contributed by atoms with Crippen molar-refractivity contribution >= 4 is 17.0 Å². The number of imidazole rings is 1. The summed E-state index contributed by atoms with van der Waals surface area (Å²) in [5.41, 5.74) is 3.48. The highest BCUT2D eigenvalue weighted by molar-refractivity contribution is 5.77. The number of morpholine rings is 1. The van der Waals surface area contributed by atoms with Gasteiger partial charge >= 0.3 is 0 Å². The molecular formula is C20H22N4O. The zero-order chi connectivity index (χ0) is 16.6. The van der Waals surface area contributed by atoms with E-state index in [1.54, 1.807) is 0 Å². The highest BCUT2D eigenvalue weighted by atomic mass is 16.5. The molecule has 0 spiro atoms. The predicted octanol–water partition coefficient (Wildman–Crippen LogP) is 2.65. The van der Waals surface area contributed by atoms with Crippen LogP contribution in [0.4, 0.5) is 5.95 Å². The molecule has 2 saturated heterocycles. The van der Waals surface area contributed by atoms with Crippen molar-refractivity contribution in [1.29, 1.82) is 0 Å². The van der Waals surface area contributed by atoms with E-state index in [-0.39, 0.29) is 6.10 Å². The molecular weight excluding hydrogens is 312 g/mol. The lowest BCUT2D eigenvalue weighted by atomic mass is 10.1. The molecule has 2 aromatic carbocycles. The van der Waals surface area contributed by atoms with Crippen LogP contribution in [0.25, 0.3) is 11.0 Å². The number of aromatic amines is 1. The van der Waals surface area contributed by atoms with Crippen LogP contribution in [0.3, 0.4) is 0 Å². The Kier molecular flexibility index (Phi) is 3.68. The van der Waals surface area contributed by atoms with Gasteiger partial charge < -0.3 is 14.6 Å². The van der Waals surface area contributed by atoms with Gasteiger partial charge in [0.2, 0.25) is 5.95 Å². The SMILES string of the molecule is c1ccc(CN2CCOC3CN(c4nc5ccccc5[nH]4)CC32)cc1. The minimum Gasteiger partial charge on any atom is -0.373 e. The molecule has 1 aromatic heterocycles. The van der Waals surface area contributed by atoms with Crippen molar-refractivity contribution in [3.63, 3.8) is 0 Å². The standard InChI is InChI=1S/C20H22N4O/c1-2-6-15(7-3-1)12-23-10-11-25-19-14-24(13-18(19)23)20-21-16-8-4-5-9-17(16)22-20/h1-9,18-19H,10-14H2,(H,21,22). The Morgan fingerprint density at radius 2 is 1.88 bits per heavy atom. The molecule has 2 fully saturated rings. The monoisotopic (exact) mass is 334 g/mol. The van der Waals surface area contributed by atoms with Crippen LogP contribution < -0.4 is 4.90 Å². The fourth-order valence-electron chi connectivity index (χ4n) is 4.03. The highest BCUT2D eigenvalue weighted by Gasteiger charge is 2.40. The summed E-state index contributed by atoms with van der Waals surface area (Å²) in [5.74, 6) is 0.957. The van der Waals surface area contributed by atoms with Crippen molar-refractivity contribution < 1.29 is 4.74 Å². The van der Waals surface area contributed by atoms with Gasteiger partial charge in [0.05, 0.1) is 29.8 Å². The third-order valence-electron chi connectivity index (χ3n) is 5.32. The lowest BCUT2D eigenvalue weighted by molar-refractivity contribution is -0.0499. The van der Waals surface area contributed by atoms with Gasteiger partial charge in [-0.2, -0.15) is 0 Å². The van der Waals surface area contributed by atoms with Crippen molar-refractivity contribution in [1.82, 2.24) is 14.9 Å². The highest BCUT2D eigenvalue weighted by Crippen LogP contribution is 2.28. The number of hydrogen-bond acceptors (Lipinski definition) is 4. The van der Waals surface area contributed by atoms with Crippen LogP contribution in [0.2, 0.25) is 0 Å². The molecule has 5 nitrogen and oxygen atoms in total. The third kappa shape index (κ3) is 2.79. The number of H-pyrrole nitrogens is 1. The minimum atomic E-state index is 0.255. The zero-order valence-electron chi connectivity index (χ0n) is 14.1. The number of anilines is 1. The number of hydrogen-bond donors (Lipinski definition) is 1. The second kappa shape index (κ2) is 6.17. The molecule has 1 N–H and O–H groups in total. The van der Waals surface area contributed by atoms with E-state index in [9.17, 15) is 0 Å². The van der Waals surface area contributed by atoms with E-state index in [2.05, 4.69) is 57.2 Å². The molecule has 0 saturated carbocycles. The Morgan fingerprint density at radius 3 is 2.76 bits per heavy atom. The number of nitrogens with one attached hydrogen (secondary N) is 1. The fourth-order valence-corrected chi connectivity index (χ4v) is 4.03. The summed E-state index contributed by atoms with van der Waals surface area (Å²) >= 11 is 0. The molecule has 2 aliphatic rings. The Hall–Kier alpha value is -2.37. The van der Waals surface area contributed by atoms with E-state index in [0.29, 0.717) is 6.04 Å². The number of benzene rings is 2. The Labute approximate surface area is 147 Å². The van der Waals surface area contributed by atoms with Gasteiger partial charge in [0.15, 0.2) is 0 Å². The van der Waals surface area contributed by atoms with E-state index in [1.807, 2.05) is 12.1 Å². The first kappa shape index (κ1) is 14.9. The molecule has 3 aromatic rings. The van der Waals surface area contributed by atoms with E-state index in [4.69, 9.17) is 9.72 Å². The lowest BCUT2D eigenvalue weighted by Gasteiger charge is -2.36. The van der Waals surface area contributed by atoms with E-state index in [0.717, 1.165) is 49.8 Å². The van der Waals surface area contributed by atoms with Crippen molar-refractivity contribution in [2.24, 2.45) is 0 Å². The summed E-state index contributed by atoms with van der Waals surface area (Å²) in [5, 5.41) is 0. The molecule has 128 valence electrons. The molecule has 2 aliphatic heterocycles. The van der Waals surface area contributed by atoms with E-state index in [1.165, 1.54) is 5.56 Å². The van der Waals surface area contributed by atoms with Gasteiger partial charge in [-0.15, -0.1) is 0 Å². The van der Waals surface area contributed by atoms with Gasteiger partial charge in [-0.05, 0) is 17.7 Å². The first-order valence-corrected chi connectivity index (χ1v) is 8.96. The first-order chi connectivity index (χ1) is 12.4. The maximum absolute atomic E-state index is 6.07. The van der Waals surface area contributed by atoms with Gasteiger partial charge in [0, 0.05) is 26.2 Å². The van der Waals surface area contributed by atoms with Gasteiger partial charge in [-0.25, -0.2) is 4.98 Å². The van der Waals surface area contributed by atoms with Crippen LogP contribution in [0.1, 0.15) is 5.56 Å². The average Bonchev–Trinajstić information content (AvgIpc) is 3.27. The van der Waals surface area contributed by atoms with E-state index < -0.39 is 0 Å². The number of aromatic nitrogens is 2. The largest absolute Gasteiger partial charge is 0.373 e. The van der Waals surface area contributed by atoms with Crippen molar-refractivity contribution in [3.05, 3.63) is 60.2 Å². The number of rotatable bonds is 3. The smallest absolute Gasteiger partial charge is 0.203 e. The molecule has 0 radical (unpaired) electrons. The van der Waals surface area contributed by atoms with Gasteiger partial charge in [0.25, 0.3) is 0 Å². The zero-order valence-corrected chi connectivity index (χ0v) is 14.1. The number of fused-ring (bicyclic) bond motifs is 2. The minimum absolute atomic E-state index is 0.255. The average molecular weight is 334 g/mol. The van der Waals surface area contributed by atoms with Crippen molar-refractivity contribution in [3.8, 4) is 0 Å². The quantitative estimate of drug-likeness (QED) is 0.800. The second-order valence-corrected chi connectivity index (χ2v) is 6.92. The van der Waals surface area contributed by atoms with Crippen LogP contribution in [-0.2, 0) is 11.3 Å². The van der Waals surface area contributed by atoms with Crippen LogP contribution in [0.5, 0.6) is 0 Å². The third-order valence-corrected chi connectivity index (χ3v) is 5.32. The lowest BCUT2D eigenvalue weighted by Crippen LogP contribution is -2.50. The van der Waals surface area contributed by atoms with Gasteiger partial charge in [0.1, 0.15) is 0 Å². The Bertz CT molecular complexity index is 829. The molecule has 5 heteroatoms. The van der Waals surface area contributed by atoms with Crippen LogP contribution in [-0.4, -0.2) is 53.3 Å². The molecule has 0 aliphatic carbocycles. The van der Waals surface area contributed by atoms with E-state index >= 15 is 0 Å². The number of ether oxygens (including phenoxy) is 1. The summed E-state index contributed by atoms with van der Waals surface area (Å²) in [6, 6.07) is 19.3. The number of para-hydroxylation sites is 2. The van der Waals surface area contributed by atoms with Crippen molar-refractivity contribution in [2.45, 2.75) is 18.7 Å². The normalized spacial score (nSPS) is 23.9. The molecule has 3 heterocycles. The Balaban J connectivity index is 1.36. The second-order valence-electron chi connectivity index (χ2n) is 6.92. The maximum atomic E-state index is 6.07. The number of nitrogens with zero attached hydrogens (tertiary/aromatic N) is 3. The Morgan fingerprint density at radius 1 is 1.04 bits per heavy atom. The summed E-state index contributed by atoms with van der Waals surface area (Å²) in [6.07, 6.45) is 0.255. The fraction of sp³-hybridized carbons (Fsp3) is 0.350.